The summed E-state index contributed by atoms with van der Waals surface area (Å²) in [5.41, 5.74) is 0. The van der Waals surface area contributed by atoms with Gasteiger partial charge in [0.1, 0.15) is 6.17 Å². The highest BCUT2D eigenvalue weighted by atomic mass is 79.9. The van der Waals surface area contributed by atoms with Crippen LogP contribution in [-0.2, 0) is 0 Å². The summed E-state index contributed by atoms with van der Waals surface area (Å²) < 4.78 is 11.8. The van der Waals surface area contributed by atoms with Crippen LogP contribution in [0, 0.1) is 0 Å². The molecule has 0 aliphatic heterocycles. The van der Waals surface area contributed by atoms with Crippen LogP contribution >= 0.6 is 31.9 Å². The molecule has 0 amide bonds. The van der Waals surface area contributed by atoms with Gasteiger partial charge in [0.25, 0.3) is 0 Å². The maximum Gasteiger partial charge on any atom is 0.119 e. The van der Waals surface area contributed by atoms with Crippen molar-refractivity contribution < 1.29 is 4.39 Å². The number of alkyl halides is 3. The van der Waals surface area contributed by atoms with Crippen LogP contribution in [0.15, 0.2) is 0 Å². The average molecular weight is 220 g/mol. The van der Waals surface area contributed by atoms with Gasteiger partial charge in [-0.2, -0.15) is 0 Å². The number of halogens is 3. The Morgan fingerprint density at radius 1 is 1.33 bits per heavy atom. The molecule has 0 aromatic heterocycles. The smallest absolute Gasteiger partial charge is 0.119 e. The van der Waals surface area contributed by atoms with Crippen molar-refractivity contribution in [2.24, 2.45) is 0 Å². The van der Waals surface area contributed by atoms with Gasteiger partial charge in [-0.15, -0.1) is 0 Å². The van der Waals surface area contributed by atoms with E-state index < -0.39 is 6.17 Å². The molecular formula is C3H5Br2F. The zero-order valence-electron chi connectivity index (χ0n) is 3.13. The molecule has 6 heavy (non-hydrogen) atoms. The molecule has 0 fully saturated rings. The molecule has 0 spiro atoms. The summed E-state index contributed by atoms with van der Waals surface area (Å²) in [5, 5.41) is 0.858. The standard InChI is InChI=1S/C3H5Br2F/c4-1-3(6)2-5/h3H,1-2H2. The number of hydrogen-bond donors (Lipinski definition) is 0. The lowest BCUT2D eigenvalue weighted by atomic mass is 10.5. The van der Waals surface area contributed by atoms with Crippen LogP contribution in [0.4, 0.5) is 4.39 Å². The molecule has 0 nitrogen and oxygen atoms in total. The third-order valence-corrected chi connectivity index (χ3v) is 1.74. The van der Waals surface area contributed by atoms with E-state index in [2.05, 4.69) is 31.9 Å². The van der Waals surface area contributed by atoms with Gasteiger partial charge in [-0.1, -0.05) is 31.9 Å². The Morgan fingerprint density at radius 3 is 1.67 bits per heavy atom. The van der Waals surface area contributed by atoms with E-state index >= 15 is 0 Å². The first kappa shape index (κ1) is 6.89. The van der Waals surface area contributed by atoms with Crippen molar-refractivity contribution in [2.45, 2.75) is 6.17 Å². The molecule has 0 saturated carbocycles. The van der Waals surface area contributed by atoms with Crippen molar-refractivity contribution >= 4 is 31.9 Å². The second kappa shape index (κ2) is 4.06. The van der Waals surface area contributed by atoms with E-state index in [1.54, 1.807) is 0 Å². The van der Waals surface area contributed by atoms with Crippen LogP contribution < -0.4 is 0 Å². The lowest BCUT2D eigenvalue weighted by Gasteiger charge is -1.91. The zero-order valence-corrected chi connectivity index (χ0v) is 6.30. The van der Waals surface area contributed by atoms with Crippen molar-refractivity contribution in [3.8, 4) is 0 Å². The van der Waals surface area contributed by atoms with E-state index in [-0.39, 0.29) is 0 Å². The fourth-order valence-corrected chi connectivity index (χ4v) is 1.11. The maximum absolute atomic E-state index is 11.8. The van der Waals surface area contributed by atoms with Crippen LogP contribution in [0.25, 0.3) is 0 Å². The second-order valence-electron chi connectivity index (χ2n) is 0.906. The third-order valence-electron chi connectivity index (χ3n) is 0.335. The quantitative estimate of drug-likeness (QED) is 0.625. The molecule has 0 atom stereocenters. The van der Waals surface area contributed by atoms with E-state index in [4.69, 9.17) is 0 Å². The highest BCUT2D eigenvalue weighted by Gasteiger charge is 1.96. The van der Waals surface area contributed by atoms with E-state index in [1.165, 1.54) is 0 Å². The fourth-order valence-electron chi connectivity index (χ4n) is 0.0412. The molecule has 0 saturated heterocycles. The zero-order chi connectivity index (χ0) is 4.99. The molecule has 0 bridgehead atoms. The molecule has 3 heteroatoms. The van der Waals surface area contributed by atoms with E-state index in [1.807, 2.05) is 0 Å². The van der Waals surface area contributed by atoms with Gasteiger partial charge in [-0.05, 0) is 0 Å². The lowest BCUT2D eigenvalue weighted by Crippen LogP contribution is -2.00. The van der Waals surface area contributed by atoms with Crippen molar-refractivity contribution in [1.82, 2.24) is 0 Å². The molecule has 38 valence electrons. The maximum atomic E-state index is 11.8. The highest BCUT2D eigenvalue weighted by molar-refractivity contribution is 9.09. The highest BCUT2D eigenvalue weighted by Crippen LogP contribution is 1.98. The minimum Gasteiger partial charge on any atom is -0.246 e. The first-order valence-corrected chi connectivity index (χ1v) is 3.81. The monoisotopic (exact) mass is 218 g/mol. The van der Waals surface area contributed by atoms with Gasteiger partial charge < -0.3 is 0 Å². The molecule has 0 aromatic carbocycles. The van der Waals surface area contributed by atoms with E-state index in [0.29, 0.717) is 10.7 Å². The minimum absolute atomic E-state index is 0.429. The summed E-state index contributed by atoms with van der Waals surface area (Å²) in [7, 11) is 0. The van der Waals surface area contributed by atoms with Crippen molar-refractivity contribution in [3.63, 3.8) is 0 Å². The van der Waals surface area contributed by atoms with Crippen molar-refractivity contribution in [2.75, 3.05) is 10.7 Å². The van der Waals surface area contributed by atoms with Crippen LogP contribution in [0.1, 0.15) is 0 Å². The normalized spacial score (nSPS) is 10.0. The summed E-state index contributed by atoms with van der Waals surface area (Å²) in [6, 6.07) is 0. The van der Waals surface area contributed by atoms with Gasteiger partial charge in [0, 0.05) is 10.7 Å². The number of hydrogen-bond acceptors (Lipinski definition) is 0. The first-order valence-electron chi connectivity index (χ1n) is 1.57. The summed E-state index contributed by atoms with van der Waals surface area (Å²) >= 11 is 5.94. The lowest BCUT2D eigenvalue weighted by molar-refractivity contribution is 0.408. The van der Waals surface area contributed by atoms with Crippen LogP contribution in [0.5, 0.6) is 0 Å². The van der Waals surface area contributed by atoms with Gasteiger partial charge in [0.05, 0.1) is 0 Å². The van der Waals surface area contributed by atoms with Crippen LogP contribution in [0.3, 0.4) is 0 Å². The van der Waals surface area contributed by atoms with Crippen molar-refractivity contribution in [1.29, 1.82) is 0 Å². The molecule has 0 aromatic rings. The van der Waals surface area contributed by atoms with E-state index in [9.17, 15) is 4.39 Å². The van der Waals surface area contributed by atoms with Gasteiger partial charge in [-0.25, -0.2) is 4.39 Å². The van der Waals surface area contributed by atoms with Gasteiger partial charge >= 0.3 is 0 Å². The molecular weight excluding hydrogens is 215 g/mol. The molecule has 0 radical (unpaired) electrons. The molecule has 0 aliphatic carbocycles. The largest absolute Gasteiger partial charge is 0.246 e. The van der Waals surface area contributed by atoms with E-state index in [0.717, 1.165) is 0 Å². The van der Waals surface area contributed by atoms with Crippen LogP contribution in [-0.4, -0.2) is 16.8 Å². The van der Waals surface area contributed by atoms with Gasteiger partial charge in [0.15, 0.2) is 0 Å². The Balaban J connectivity index is 2.75. The molecule has 0 aliphatic rings. The predicted octanol–water partition coefficient (Wildman–Crippen LogP) is 2.11. The predicted molar refractivity (Wildman–Crippen MR) is 32.5 cm³/mol. The molecule has 0 unspecified atom stereocenters. The Bertz CT molecular complexity index is 28.0. The minimum atomic E-state index is -0.731. The van der Waals surface area contributed by atoms with Crippen LogP contribution in [0.2, 0.25) is 0 Å². The molecule has 0 N–H and O–H groups in total. The summed E-state index contributed by atoms with van der Waals surface area (Å²) in [5.74, 6) is 0. The van der Waals surface area contributed by atoms with Crippen molar-refractivity contribution in [3.05, 3.63) is 0 Å². The summed E-state index contributed by atoms with van der Waals surface area (Å²) in [4.78, 5) is 0. The SMILES string of the molecule is FC(CBr)CBr. The third kappa shape index (κ3) is 3.09. The average Bonchev–Trinajstić information content (AvgIpc) is 1.65. The Labute approximate surface area is 53.4 Å². The number of rotatable bonds is 2. The summed E-state index contributed by atoms with van der Waals surface area (Å²) in [6.45, 7) is 0. The Morgan fingerprint density at radius 2 is 1.67 bits per heavy atom. The Hall–Kier alpha value is 0.890. The molecule has 0 heterocycles. The first-order chi connectivity index (χ1) is 2.81. The topological polar surface area (TPSA) is 0 Å². The Kier molecular flexibility index (Phi) is 4.66. The summed E-state index contributed by atoms with van der Waals surface area (Å²) in [6.07, 6.45) is -0.731. The molecule has 0 rings (SSSR count). The van der Waals surface area contributed by atoms with Gasteiger partial charge in [-0.3, -0.25) is 0 Å². The second-order valence-corrected chi connectivity index (χ2v) is 2.20. The fraction of sp³-hybridized carbons (Fsp3) is 1.00. The van der Waals surface area contributed by atoms with Gasteiger partial charge in [0.2, 0.25) is 0 Å².